The van der Waals surface area contributed by atoms with E-state index in [0.29, 0.717) is 44.6 Å². The number of fused-ring (bicyclic) bond motifs is 1. The van der Waals surface area contributed by atoms with Gasteiger partial charge in [-0.2, -0.15) is 0 Å². The molecule has 2 aliphatic rings. The van der Waals surface area contributed by atoms with Gasteiger partial charge < -0.3 is 15.2 Å². The van der Waals surface area contributed by atoms with Gasteiger partial charge in [-0.15, -0.1) is 0 Å². The van der Waals surface area contributed by atoms with Crippen molar-refractivity contribution in [2.24, 2.45) is 0 Å². The maximum Gasteiger partial charge on any atom is 0.337 e. The summed E-state index contributed by atoms with van der Waals surface area (Å²) in [5.41, 5.74) is 2.72. The Hall–Kier alpha value is -5.13. The Balaban J connectivity index is 1.22. The van der Waals surface area contributed by atoms with Gasteiger partial charge in [0.15, 0.2) is 5.65 Å². The number of halogens is 1. The Labute approximate surface area is 276 Å². The lowest BCUT2D eigenvalue weighted by atomic mass is 9.90. The molecule has 0 atom stereocenters. The number of carbonyl (C=O) groups excluding carboxylic acids is 1. The number of nitrogens with zero attached hydrogens (tertiary/aromatic N) is 4. The van der Waals surface area contributed by atoms with Gasteiger partial charge in [-0.1, -0.05) is 48.5 Å². The molecule has 0 spiro atoms. The Bertz CT molecular complexity index is 2100. The van der Waals surface area contributed by atoms with Crippen LogP contribution >= 0.6 is 0 Å². The number of ether oxygens (including phenoxy) is 1. The van der Waals surface area contributed by atoms with E-state index < -0.39 is 23.1 Å². The highest BCUT2D eigenvalue weighted by atomic mass is 19.1. The zero-order chi connectivity index (χ0) is 33.2. The molecule has 2 N–H and O–H groups in total. The summed E-state index contributed by atoms with van der Waals surface area (Å²) >= 11 is 0. The highest BCUT2D eigenvalue weighted by Crippen LogP contribution is 2.30. The normalized spacial score (nSPS) is 18.5. The Kier molecular flexibility index (Phi) is 8.88. The molecule has 48 heavy (non-hydrogen) atoms. The second kappa shape index (κ2) is 13.5. The number of morpholine rings is 1. The van der Waals surface area contributed by atoms with Crippen LogP contribution in [0, 0.1) is 5.82 Å². The lowest BCUT2D eigenvalue weighted by Gasteiger charge is -2.30. The fourth-order valence-electron chi connectivity index (χ4n) is 6.90. The molecule has 0 bridgehead atoms. The molecule has 3 heterocycles. The fraction of sp³-hybridized carbons (Fsp3) is 0.297. The molecule has 1 saturated heterocycles. The van der Waals surface area contributed by atoms with Crippen LogP contribution in [0.25, 0.3) is 27.8 Å². The van der Waals surface area contributed by atoms with E-state index in [1.807, 2.05) is 30.3 Å². The van der Waals surface area contributed by atoms with Crippen LogP contribution < -0.4 is 16.6 Å². The Morgan fingerprint density at radius 3 is 2.48 bits per heavy atom. The molecule has 1 saturated carbocycles. The Morgan fingerprint density at radius 2 is 1.69 bits per heavy atom. The van der Waals surface area contributed by atoms with Gasteiger partial charge in [-0.25, -0.2) is 18.7 Å². The van der Waals surface area contributed by atoms with Crippen LogP contribution in [0.4, 0.5) is 4.39 Å². The molecule has 1 amide bonds. The third-order valence-corrected chi connectivity index (χ3v) is 9.37. The van der Waals surface area contributed by atoms with Crippen LogP contribution in [-0.4, -0.2) is 62.4 Å². The molecule has 5 aromatic rings. The van der Waals surface area contributed by atoms with E-state index in [-0.39, 0.29) is 34.3 Å². The predicted octanol–water partition coefficient (Wildman–Crippen LogP) is 4.81. The lowest BCUT2D eigenvalue weighted by molar-refractivity contribution is 0.0342. The molecular weight excluding hydrogens is 613 g/mol. The number of hydrogen-bond donors (Lipinski definition) is 2. The van der Waals surface area contributed by atoms with Crippen LogP contribution in [0.5, 0.6) is 5.75 Å². The molecule has 0 radical (unpaired) electrons. The van der Waals surface area contributed by atoms with Gasteiger partial charge in [0.2, 0.25) is 0 Å². The topological polar surface area (TPSA) is 119 Å². The Morgan fingerprint density at radius 1 is 0.938 bits per heavy atom. The van der Waals surface area contributed by atoms with Crippen molar-refractivity contribution in [2.75, 3.05) is 26.3 Å². The molecule has 7 rings (SSSR count). The number of aromatic nitrogens is 3. The van der Waals surface area contributed by atoms with Crippen molar-refractivity contribution >= 4 is 16.9 Å². The predicted molar refractivity (Wildman–Crippen MR) is 180 cm³/mol. The number of phenols is 1. The second-order valence-electron chi connectivity index (χ2n) is 12.4. The van der Waals surface area contributed by atoms with Gasteiger partial charge in [0.05, 0.1) is 36.0 Å². The number of benzene rings is 3. The van der Waals surface area contributed by atoms with E-state index >= 15 is 0 Å². The van der Waals surface area contributed by atoms with E-state index in [9.17, 15) is 23.9 Å². The maximum atomic E-state index is 14.5. The van der Waals surface area contributed by atoms with E-state index in [0.717, 1.165) is 48.6 Å². The molecule has 0 unspecified atom stereocenters. The summed E-state index contributed by atoms with van der Waals surface area (Å²) < 4.78 is 22.7. The van der Waals surface area contributed by atoms with Gasteiger partial charge >= 0.3 is 5.69 Å². The average Bonchev–Trinajstić information content (AvgIpc) is 3.10. The molecule has 3 aromatic carbocycles. The first-order valence-corrected chi connectivity index (χ1v) is 16.3. The standard InChI is InChI=1S/C37H36FN5O5/c38-26-21-32-34(39-22-26)42(29-8-5-7-24(20-29)30-9-2-1-6-25(30)23-41-16-18-48-19-17-41)37(47)43(36(32)46)28-14-12-27(13-15-28)40-35(45)31-10-3-4-11-33(31)44/h1-11,20-22,27-28,44H,12-19,23H2,(H,40,45). The summed E-state index contributed by atoms with van der Waals surface area (Å²) in [5, 5.41) is 13.1. The quantitative estimate of drug-likeness (QED) is 0.260. The minimum absolute atomic E-state index is 0.0164. The fourth-order valence-corrected chi connectivity index (χ4v) is 6.90. The first kappa shape index (κ1) is 31.5. The summed E-state index contributed by atoms with van der Waals surface area (Å²) in [6.07, 6.45) is 2.95. The summed E-state index contributed by atoms with van der Waals surface area (Å²) in [4.78, 5) is 47.5. The lowest BCUT2D eigenvalue weighted by Crippen LogP contribution is -2.45. The van der Waals surface area contributed by atoms with Crippen molar-refractivity contribution in [3.05, 3.63) is 123 Å². The monoisotopic (exact) mass is 649 g/mol. The van der Waals surface area contributed by atoms with Crippen molar-refractivity contribution in [2.45, 2.75) is 44.3 Å². The molecule has 1 aliphatic heterocycles. The number of pyridine rings is 1. The van der Waals surface area contributed by atoms with Gasteiger partial charge in [0, 0.05) is 31.7 Å². The third kappa shape index (κ3) is 6.26. The van der Waals surface area contributed by atoms with E-state index in [2.05, 4.69) is 27.3 Å². The van der Waals surface area contributed by atoms with Crippen molar-refractivity contribution in [3.8, 4) is 22.6 Å². The number of para-hydroxylation sites is 1. The molecule has 2 fully saturated rings. The molecule has 2 aromatic heterocycles. The first-order chi connectivity index (χ1) is 23.4. The van der Waals surface area contributed by atoms with Gasteiger partial charge in [-0.3, -0.25) is 19.1 Å². The summed E-state index contributed by atoms with van der Waals surface area (Å²) in [5.74, 6) is -1.15. The van der Waals surface area contributed by atoms with Crippen LogP contribution in [0.3, 0.4) is 0 Å². The van der Waals surface area contributed by atoms with Crippen LogP contribution in [-0.2, 0) is 11.3 Å². The van der Waals surface area contributed by atoms with Crippen molar-refractivity contribution in [1.82, 2.24) is 24.3 Å². The van der Waals surface area contributed by atoms with Crippen LogP contribution in [0.15, 0.2) is 94.6 Å². The molecule has 10 nitrogen and oxygen atoms in total. The van der Waals surface area contributed by atoms with E-state index in [1.54, 1.807) is 24.3 Å². The molecular formula is C37H36FN5O5. The molecule has 1 aliphatic carbocycles. The van der Waals surface area contributed by atoms with E-state index in [4.69, 9.17) is 4.74 Å². The average molecular weight is 650 g/mol. The van der Waals surface area contributed by atoms with Gasteiger partial charge in [0.25, 0.3) is 11.5 Å². The van der Waals surface area contributed by atoms with Gasteiger partial charge in [-0.05, 0) is 72.7 Å². The number of rotatable bonds is 7. The number of amides is 1. The number of hydrogen-bond acceptors (Lipinski definition) is 7. The number of aromatic hydroxyl groups is 1. The number of carbonyl (C=O) groups is 1. The van der Waals surface area contributed by atoms with Gasteiger partial charge in [0.1, 0.15) is 11.6 Å². The molecule has 246 valence electrons. The van der Waals surface area contributed by atoms with Crippen molar-refractivity contribution in [1.29, 1.82) is 0 Å². The third-order valence-electron chi connectivity index (χ3n) is 9.37. The van der Waals surface area contributed by atoms with Crippen LogP contribution in [0.2, 0.25) is 0 Å². The van der Waals surface area contributed by atoms with Crippen molar-refractivity contribution in [3.63, 3.8) is 0 Å². The summed E-state index contributed by atoms with van der Waals surface area (Å²) in [6, 6.07) is 22.5. The largest absolute Gasteiger partial charge is 0.507 e. The molecule has 11 heteroatoms. The second-order valence-corrected chi connectivity index (χ2v) is 12.4. The van der Waals surface area contributed by atoms with Crippen LogP contribution in [0.1, 0.15) is 47.6 Å². The first-order valence-electron chi connectivity index (χ1n) is 16.3. The maximum absolute atomic E-state index is 14.5. The summed E-state index contributed by atoms with van der Waals surface area (Å²) in [7, 11) is 0. The van der Waals surface area contributed by atoms with Crippen molar-refractivity contribution < 1.29 is 19.0 Å². The number of phenolic OH excluding ortho intramolecular Hbond substituents is 1. The SMILES string of the molecule is O=C(NC1CCC(n2c(=O)c3cc(F)cnc3n(-c3cccc(-c4ccccc4CN4CCOCC4)c3)c2=O)CC1)c1ccccc1O. The number of nitrogens with one attached hydrogen (secondary N) is 1. The summed E-state index contributed by atoms with van der Waals surface area (Å²) in [6.45, 7) is 3.86. The highest BCUT2D eigenvalue weighted by Gasteiger charge is 2.28. The zero-order valence-corrected chi connectivity index (χ0v) is 26.3. The minimum atomic E-state index is -0.669. The highest BCUT2D eigenvalue weighted by molar-refractivity contribution is 5.96. The zero-order valence-electron chi connectivity index (χ0n) is 26.3. The smallest absolute Gasteiger partial charge is 0.337 e. The van der Waals surface area contributed by atoms with E-state index in [1.165, 1.54) is 15.2 Å². The minimum Gasteiger partial charge on any atom is -0.507 e.